The molecule has 0 atom stereocenters. The Hall–Kier alpha value is -2.64. The van der Waals surface area contributed by atoms with E-state index in [2.05, 4.69) is 20.4 Å². The summed E-state index contributed by atoms with van der Waals surface area (Å²) in [5.74, 6) is 2.49. The zero-order chi connectivity index (χ0) is 17.0. The average molecular weight is 376 g/mol. The highest BCUT2D eigenvalue weighted by Gasteiger charge is 2.17. The summed E-state index contributed by atoms with van der Waals surface area (Å²) in [4.78, 5) is 8.97. The Labute approximate surface area is 151 Å². The molecule has 0 amide bonds. The van der Waals surface area contributed by atoms with Gasteiger partial charge in [-0.05, 0) is 18.2 Å². The number of nitrogens with zero attached hydrogens (tertiary/aromatic N) is 3. The van der Waals surface area contributed by atoms with Gasteiger partial charge < -0.3 is 14.8 Å². The fourth-order valence-corrected chi connectivity index (χ4v) is 3.08. The van der Waals surface area contributed by atoms with E-state index in [1.807, 2.05) is 18.2 Å². The molecule has 3 heterocycles. The Morgan fingerprint density at radius 3 is 2.60 bits per heavy atom. The molecule has 5 rings (SSSR count). The van der Waals surface area contributed by atoms with Crippen LogP contribution in [0.2, 0.25) is 10.0 Å². The van der Waals surface area contributed by atoms with Crippen LogP contribution in [-0.2, 0) is 0 Å². The van der Waals surface area contributed by atoms with Crippen molar-refractivity contribution in [3.8, 4) is 11.5 Å². The van der Waals surface area contributed by atoms with E-state index >= 15 is 0 Å². The van der Waals surface area contributed by atoms with Crippen LogP contribution >= 0.6 is 23.2 Å². The molecule has 0 saturated carbocycles. The smallest absolute Gasteiger partial charge is 0.253 e. The lowest BCUT2D eigenvalue weighted by atomic mass is 10.2. The van der Waals surface area contributed by atoms with Crippen LogP contribution in [0.1, 0.15) is 0 Å². The number of ether oxygens (including phenoxy) is 2. The monoisotopic (exact) mass is 375 g/mol. The van der Waals surface area contributed by atoms with Gasteiger partial charge in [0.1, 0.15) is 13.2 Å². The molecule has 0 spiro atoms. The number of halogens is 2. The largest absolute Gasteiger partial charge is 0.486 e. The summed E-state index contributed by atoms with van der Waals surface area (Å²) < 4.78 is 13.0. The van der Waals surface area contributed by atoms with Crippen LogP contribution in [0.4, 0.5) is 11.6 Å². The van der Waals surface area contributed by atoms with Crippen molar-refractivity contribution in [1.82, 2.24) is 19.6 Å². The molecule has 126 valence electrons. The van der Waals surface area contributed by atoms with E-state index in [0.717, 1.165) is 16.7 Å². The van der Waals surface area contributed by atoms with Crippen molar-refractivity contribution in [3.05, 3.63) is 40.4 Å². The van der Waals surface area contributed by atoms with Crippen LogP contribution in [0.3, 0.4) is 0 Å². The number of hydrogen-bond donors (Lipinski definition) is 2. The Morgan fingerprint density at radius 2 is 1.80 bits per heavy atom. The molecule has 1 aliphatic rings. The highest BCUT2D eigenvalue weighted by atomic mass is 35.5. The average Bonchev–Trinajstić information content (AvgIpc) is 3.13. The Kier molecular flexibility index (Phi) is 3.19. The molecule has 2 aromatic carbocycles. The first-order chi connectivity index (χ1) is 12.2. The molecule has 2 N–H and O–H groups in total. The molecule has 0 saturated heterocycles. The van der Waals surface area contributed by atoms with Gasteiger partial charge in [-0.3, -0.25) is 5.10 Å². The van der Waals surface area contributed by atoms with Gasteiger partial charge in [0.2, 0.25) is 5.95 Å². The van der Waals surface area contributed by atoms with Gasteiger partial charge in [-0.15, -0.1) is 0 Å². The zero-order valence-corrected chi connectivity index (χ0v) is 14.2. The van der Waals surface area contributed by atoms with Gasteiger partial charge in [0.25, 0.3) is 5.78 Å². The van der Waals surface area contributed by atoms with Crippen LogP contribution in [0.25, 0.3) is 16.8 Å². The third kappa shape index (κ3) is 2.43. The third-order valence-electron chi connectivity index (χ3n) is 3.91. The maximum atomic E-state index is 6.04. The first kappa shape index (κ1) is 14.7. The van der Waals surface area contributed by atoms with Crippen molar-refractivity contribution in [3.63, 3.8) is 0 Å². The van der Waals surface area contributed by atoms with Gasteiger partial charge in [-0.2, -0.15) is 4.98 Å². The quantitative estimate of drug-likeness (QED) is 0.552. The minimum atomic E-state index is 0.470. The number of imidazole rings is 1. The second kappa shape index (κ2) is 5.44. The number of hydrogen-bond acceptors (Lipinski definition) is 5. The fraction of sp³-hybridized carbons (Fsp3) is 0.125. The third-order valence-corrected chi connectivity index (χ3v) is 4.65. The molecule has 2 aromatic heterocycles. The van der Waals surface area contributed by atoms with Crippen LogP contribution in [0.15, 0.2) is 30.3 Å². The van der Waals surface area contributed by atoms with E-state index in [1.54, 1.807) is 16.6 Å². The number of anilines is 2. The normalized spacial score (nSPS) is 13.5. The Balaban J connectivity index is 1.56. The molecular formula is C16H11Cl2N5O2. The summed E-state index contributed by atoms with van der Waals surface area (Å²) in [5, 5.41) is 7.28. The Bertz CT molecular complexity index is 1120. The topological polar surface area (TPSA) is 76.5 Å². The number of nitrogens with one attached hydrogen (secondary N) is 2. The van der Waals surface area contributed by atoms with Gasteiger partial charge in [0.15, 0.2) is 11.5 Å². The lowest BCUT2D eigenvalue weighted by Crippen LogP contribution is -2.15. The van der Waals surface area contributed by atoms with Gasteiger partial charge in [-0.1, -0.05) is 23.2 Å². The van der Waals surface area contributed by atoms with Crippen molar-refractivity contribution in [2.24, 2.45) is 0 Å². The van der Waals surface area contributed by atoms with Crippen molar-refractivity contribution in [2.45, 2.75) is 0 Å². The maximum absolute atomic E-state index is 6.04. The van der Waals surface area contributed by atoms with Gasteiger partial charge >= 0.3 is 0 Å². The van der Waals surface area contributed by atoms with E-state index in [0.29, 0.717) is 46.5 Å². The molecule has 0 fully saturated rings. The molecule has 0 radical (unpaired) electrons. The molecule has 0 bridgehead atoms. The van der Waals surface area contributed by atoms with E-state index in [-0.39, 0.29) is 0 Å². The van der Waals surface area contributed by atoms with Crippen molar-refractivity contribution in [1.29, 1.82) is 0 Å². The predicted octanol–water partition coefficient (Wildman–Crippen LogP) is 4.03. The Morgan fingerprint density at radius 1 is 1.00 bits per heavy atom. The number of rotatable bonds is 2. The number of aromatic amines is 1. The molecule has 9 heteroatoms. The molecular weight excluding hydrogens is 365 g/mol. The van der Waals surface area contributed by atoms with E-state index in [1.165, 1.54) is 0 Å². The predicted molar refractivity (Wildman–Crippen MR) is 95.6 cm³/mol. The summed E-state index contributed by atoms with van der Waals surface area (Å²) in [6.07, 6.45) is 0. The first-order valence-electron chi connectivity index (χ1n) is 7.57. The van der Waals surface area contributed by atoms with Crippen LogP contribution < -0.4 is 14.8 Å². The van der Waals surface area contributed by atoms with E-state index in [4.69, 9.17) is 32.7 Å². The summed E-state index contributed by atoms with van der Waals surface area (Å²) in [6, 6.07) is 9.02. The summed E-state index contributed by atoms with van der Waals surface area (Å²) in [5.41, 5.74) is 2.41. The van der Waals surface area contributed by atoms with Crippen LogP contribution in [0.5, 0.6) is 11.5 Å². The van der Waals surface area contributed by atoms with Crippen molar-refractivity contribution in [2.75, 3.05) is 18.5 Å². The van der Waals surface area contributed by atoms with E-state index < -0.39 is 0 Å². The number of fused-ring (bicyclic) bond motifs is 4. The molecule has 4 aromatic rings. The standard InChI is InChI=1S/C16H11Cl2N5O2/c17-9-2-1-8(5-10(9)18)19-15-21-16-20-11-6-13-14(25-4-3-24-13)7-12(11)23(16)22-15/h1-2,5-7H,3-4H2,(H2,19,20,21,22). The van der Waals surface area contributed by atoms with Crippen LogP contribution in [0, 0.1) is 0 Å². The minimum absolute atomic E-state index is 0.470. The van der Waals surface area contributed by atoms with E-state index in [9.17, 15) is 0 Å². The SMILES string of the molecule is Clc1ccc(Nc2nc3nc4cc5c(cc4n3[nH]2)OCCO5)cc1Cl. The molecule has 7 nitrogen and oxygen atoms in total. The minimum Gasteiger partial charge on any atom is -0.486 e. The van der Waals surface area contributed by atoms with Gasteiger partial charge in [0.05, 0.1) is 21.1 Å². The lowest BCUT2D eigenvalue weighted by molar-refractivity contribution is 0.172. The molecule has 25 heavy (non-hydrogen) atoms. The first-order valence-corrected chi connectivity index (χ1v) is 8.33. The molecule has 0 aliphatic carbocycles. The van der Waals surface area contributed by atoms with Gasteiger partial charge in [0, 0.05) is 17.8 Å². The van der Waals surface area contributed by atoms with Crippen molar-refractivity contribution < 1.29 is 9.47 Å². The molecule has 0 unspecified atom stereocenters. The second-order valence-corrected chi connectivity index (χ2v) is 6.37. The van der Waals surface area contributed by atoms with Crippen LogP contribution in [-0.4, -0.2) is 32.8 Å². The highest BCUT2D eigenvalue weighted by Crippen LogP contribution is 2.34. The maximum Gasteiger partial charge on any atom is 0.253 e. The highest BCUT2D eigenvalue weighted by molar-refractivity contribution is 6.42. The summed E-state index contributed by atoms with van der Waals surface area (Å²) >= 11 is 12.0. The van der Waals surface area contributed by atoms with Gasteiger partial charge in [-0.25, -0.2) is 9.50 Å². The lowest BCUT2D eigenvalue weighted by Gasteiger charge is -2.17. The fourth-order valence-electron chi connectivity index (χ4n) is 2.78. The second-order valence-electron chi connectivity index (χ2n) is 5.56. The van der Waals surface area contributed by atoms with Crippen molar-refractivity contribution >= 4 is 51.6 Å². The summed E-state index contributed by atoms with van der Waals surface area (Å²) in [6.45, 7) is 1.08. The summed E-state index contributed by atoms with van der Waals surface area (Å²) in [7, 11) is 0. The number of H-pyrrole nitrogens is 1. The zero-order valence-electron chi connectivity index (χ0n) is 12.7. The molecule has 1 aliphatic heterocycles. The number of benzene rings is 2. The number of aromatic nitrogens is 4.